The number of hydrogen-bond acceptors (Lipinski definition) is 2. The summed E-state index contributed by atoms with van der Waals surface area (Å²) in [5.41, 5.74) is 3.33. The topological polar surface area (TPSA) is 22.1 Å². The Morgan fingerprint density at radius 2 is 1.40 bits per heavy atom. The Labute approximate surface area is 118 Å². The van der Waals surface area contributed by atoms with E-state index in [-0.39, 0.29) is 0 Å². The zero-order valence-electron chi connectivity index (χ0n) is 11.1. The summed E-state index contributed by atoms with van der Waals surface area (Å²) in [7, 11) is 0. The molecular formula is C18H15NO. The van der Waals surface area contributed by atoms with Gasteiger partial charge in [-0.25, -0.2) is 0 Å². The summed E-state index contributed by atoms with van der Waals surface area (Å²) < 4.78 is 5.72. The van der Waals surface area contributed by atoms with Gasteiger partial charge < -0.3 is 4.74 Å². The van der Waals surface area contributed by atoms with Gasteiger partial charge in [0.25, 0.3) is 0 Å². The first-order valence-electron chi connectivity index (χ1n) is 6.60. The predicted octanol–water partition coefficient (Wildman–Crippen LogP) is 4.33. The second kappa shape index (κ2) is 6.02. The van der Waals surface area contributed by atoms with Gasteiger partial charge in [0.2, 0.25) is 0 Å². The highest BCUT2D eigenvalue weighted by atomic mass is 16.5. The van der Waals surface area contributed by atoms with E-state index >= 15 is 0 Å². The number of hydrogen-bond donors (Lipinski definition) is 0. The largest absolute Gasteiger partial charge is 0.487 e. The normalized spacial score (nSPS) is 10.2. The molecule has 0 spiro atoms. The molecule has 0 aliphatic carbocycles. The average Bonchev–Trinajstić information content (AvgIpc) is 2.55. The Morgan fingerprint density at radius 1 is 0.700 bits per heavy atom. The second-order valence-corrected chi connectivity index (χ2v) is 4.50. The van der Waals surface area contributed by atoms with Crippen LogP contribution in [0.4, 0.5) is 0 Å². The molecule has 0 atom stereocenters. The molecule has 0 amide bonds. The molecule has 0 fully saturated rings. The number of ether oxygens (including phenoxy) is 1. The summed E-state index contributed by atoms with van der Waals surface area (Å²) in [5.74, 6) is 0.857. The maximum atomic E-state index is 5.72. The summed E-state index contributed by atoms with van der Waals surface area (Å²) in [6, 6.07) is 24.3. The molecule has 3 rings (SSSR count). The minimum atomic E-state index is 0.492. The van der Waals surface area contributed by atoms with Crippen molar-refractivity contribution in [1.82, 2.24) is 4.98 Å². The van der Waals surface area contributed by atoms with E-state index < -0.39 is 0 Å². The zero-order chi connectivity index (χ0) is 13.6. The number of nitrogens with zero attached hydrogens (tertiary/aromatic N) is 1. The van der Waals surface area contributed by atoms with Gasteiger partial charge in [-0.05, 0) is 35.4 Å². The number of benzene rings is 2. The Hall–Kier alpha value is -2.61. The third-order valence-corrected chi connectivity index (χ3v) is 3.07. The summed E-state index contributed by atoms with van der Waals surface area (Å²) in [6.45, 7) is 0.492. The van der Waals surface area contributed by atoms with Crippen LogP contribution in [0, 0.1) is 0 Å². The van der Waals surface area contributed by atoms with Crippen LogP contribution in [0.1, 0.15) is 5.69 Å². The van der Waals surface area contributed by atoms with Gasteiger partial charge in [0.1, 0.15) is 12.4 Å². The average molecular weight is 261 g/mol. The van der Waals surface area contributed by atoms with Crippen LogP contribution in [0.5, 0.6) is 5.75 Å². The molecule has 1 aromatic heterocycles. The van der Waals surface area contributed by atoms with Crippen molar-refractivity contribution in [3.8, 4) is 16.9 Å². The van der Waals surface area contributed by atoms with Gasteiger partial charge in [0.15, 0.2) is 0 Å². The first-order valence-corrected chi connectivity index (χ1v) is 6.60. The molecule has 2 heteroatoms. The van der Waals surface area contributed by atoms with Crippen molar-refractivity contribution >= 4 is 0 Å². The highest BCUT2D eigenvalue weighted by Crippen LogP contribution is 2.22. The maximum Gasteiger partial charge on any atom is 0.130 e. The van der Waals surface area contributed by atoms with Crippen LogP contribution < -0.4 is 4.74 Å². The van der Waals surface area contributed by atoms with Crippen LogP contribution >= 0.6 is 0 Å². The number of pyridine rings is 1. The Kier molecular flexibility index (Phi) is 3.74. The van der Waals surface area contributed by atoms with Crippen LogP contribution in [0.2, 0.25) is 0 Å². The lowest BCUT2D eigenvalue weighted by Gasteiger charge is -2.07. The maximum absolute atomic E-state index is 5.72. The number of aromatic nitrogens is 1. The van der Waals surface area contributed by atoms with E-state index in [0.717, 1.165) is 11.4 Å². The van der Waals surface area contributed by atoms with Gasteiger partial charge in [-0.15, -0.1) is 0 Å². The highest BCUT2D eigenvalue weighted by Gasteiger charge is 1.99. The van der Waals surface area contributed by atoms with E-state index in [4.69, 9.17) is 4.74 Å². The van der Waals surface area contributed by atoms with Crippen molar-refractivity contribution in [2.24, 2.45) is 0 Å². The van der Waals surface area contributed by atoms with Gasteiger partial charge in [-0.1, -0.05) is 48.5 Å². The fourth-order valence-corrected chi connectivity index (χ4v) is 2.01. The van der Waals surface area contributed by atoms with Gasteiger partial charge in [-0.2, -0.15) is 0 Å². The van der Waals surface area contributed by atoms with Gasteiger partial charge in [0.05, 0.1) is 5.69 Å². The zero-order valence-corrected chi connectivity index (χ0v) is 11.1. The molecule has 1 heterocycles. The van der Waals surface area contributed by atoms with Crippen molar-refractivity contribution in [2.45, 2.75) is 6.61 Å². The van der Waals surface area contributed by atoms with Gasteiger partial charge in [-0.3, -0.25) is 4.98 Å². The lowest BCUT2D eigenvalue weighted by molar-refractivity contribution is 0.301. The molecule has 2 aromatic carbocycles. The van der Waals surface area contributed by atoms with Crippen molar-refractivity contribution in [1.29, 1.82) is 0 Å². The third-order valence-electron chi connectivity index (χ3n) is 3.07. The molecule has 98 valence electrons. The van der Waals surface area contributed by atoms with Crippen LogP contribution in [0.25, 0.3) is 11.1 Å². The van der Waals surface area contributed by atoms with E-state index in [9.17, 15) is 0 Å². The van der Waals surface area contributed by atoms with Crippen molar-refractivity contribution in [3.05, 3.63) is 84.7 Å². The summed E-state index contributed by atoms with van der Waals surface area (Å²) in [5, 5.41) is 0. The molecule has 0 bridgehead atoms. The standard InChI is InChI=1S/C18H15NO/c1-2-6-15(7-3-1)16-9-11-18(12-10-16)20-14-17-8-4-5-13-19-17/h1-13H,14H2. The van der Waals surface area contributed by atoms with E-state index in [1.807, 2.05) is 48.5 Å². The molecule has 0 aliphatic heterocycles. The van der Waals surface area contributed by atoms with Crippen LogP contribution in [-0.4, -0.2) is 4.98 Å². The highest BCUT2D eigenvalue weighted by molar-refractivity contribution is 5.63. The molecule has 3 aromatic rings. The molecular weight excluding hydrogens is 246 g/mol. The molecule has 0 unspecified atom stereocenters. The summed E-state index contributed by atoms with van der Waals surface area (Å²) >= 11 is 0. The first kappa shape index (κ1) is 12.4. The molecule has 0 aliphatic rings. The Bertz CT molecular complexity index is 648. The monoisotopic (exact) mass is 261 g/mol. The summed E-state index contributed by atoms with van der Waals surface area (Å²) in [6.07, 6.45) is 1.77. The van der Waals surface area contributed by atoms with Gasteiger partial charge in [0, 0.05) is 6.20 Å². The lowest BCUT2D eigenvalue weighted by atomic mass is 10.1. The smallest absolute Gasteiger partial charge is 0.130 e. The molecule has 20 heavy (non-hydrogen) atoms. The second-order valence-electron chi connectivity index (χ2n) is 4.50. The minimum absolute atomic E-state index is 0.492. The summed E-state index contributed by atoms with van der Waals surface area (Å²) in [4.78, 5) is 4.23. The molecule has 0 saturated carbocycles. The number of rotatable bonds is 4. The van der Waals surface area contributed by atoms with Crippen molar-refractivity contribution < 1.29 is 4.74 Å². The van der Waals surface area contributed by atoms with E-state index in [1.165, 1.54) is 11.1 Å². The van der Waals surface area contributed by atoms with Crippen LogP contribution in [0.15, 0.2) is 79.0 Å². The van der Waals surface area contributed by atoms with E-state index in [1.54, 1.807) is 6.20 Å². The Balaban J connectivity index is 1.68. The Morgan fingerprint density at radius 3 is 2.10 bits per heavy atom. The quantitative estimate of drug-likeness (QED) is 0.697. The molecule has 0 N–H and O–H groups in total. The SMILES string of the molecule is c1ccc(-c2ccc(OCc3ccccn3)cc2)cc1. The molecule has 0 radical (unpaired) electrons. The van der Waals surface area contributed by atoms with Crippen LogP contribution in [-0.2, 0) is 6.61 Å². The fraction of sp³-hybridized carbons (Fsp3) is 0.0556. The van der Waals surface area contributed by atoms with Crippen LogP contribution in [0.3, 0.4) is 0 Å². The van der Waals surface area contributed by atoms with Gasteiger partial charge >= 0.3 is 0 Å². The first-order chi connectivity index (χ1) is 9.92. The van der Waals surface area contributed by atoms with Crippen molar-refractivity contribution in [3.63, 3.8) is 0 Å². The third kappa shape index (κ3) is 3.04. The molecule has 2 nitrogen and oxygen atoms in total. The van der Waals surface area contributed by atoms with E-state index in [2.05, 4.69) is 29.2 Å². The van der Waals surface area contributed by atoms with E-state index in [0.29, 0.717) is 6.61 Å². The minimum Gasteiger partial charge on any atom is -0.487 e. The van der Waals surface area contributed by atoms with Crippen molar-refractivity contribution in [2.75, 3.05) is 0 Å². The fourth-order valence-electron chi connectivity index (χ4n) is 2.01. The lowest BCUT2D eigenvalue weighted by Crippen LogP contribution is -1.97. The predicted molar refractivity (Wildman–Crippen MR) is 80.4 cm³/mol. The molecule has 0 saturated heterocycles.